The Labute approximate surface area is 125 Å². The second kappa shape index (κ2) is 5.61. The molecule has 2 aromatic heterocycles. The van der Waals surface area contributed by atoms with Crippen LogP contribution in [-0.2, 0) is 30.2 Å². The average Bonchev–Trinajstić information content (AvgIpc) is 2.88. The van der Waals surface area contributed by atoms with Crippen molar-refractivity contribution in [3.63, 3.8) is 0 Å². The fourth-order valence-corrected chi connectivity index (χ4v) is 3.60. The highest BCUT2D eigenvalue weighted by molar-refractivity contribution is 7.89. The van der Waals surface area contributed by atoms with Gasteiger partial charge in [-0.05, 0) is 27.7 Å². The third-order valence-electron chi connectivity index (χ3n) is 3.53. The fourth-order valence-electron chi connectivity index (χ4n) is 2.38. The molecule has 7 nitrogen and oxygen atoms in total. The minimum atomic E-state index is -3.57. The Morgan fingerprint density at radius 1 is 1.19 bits per heavy atom. The topological polar surface area (TPSA) is 81.8 Å². The van der Waals surface area contributed by atoms with Gasteiger partial charge in [0, 0.05) is 37.6 Å². The fraction of sp³-hybridized carbons (Fsp3) is 0.538. The van der Waals surface area contributed by atoms with E-state index in [1.807, 2.05) is 25.5 Å². The van der Waals surface area contributed by atoms with E-state index in [1.165, 1.54) is 10.9 Å². The lowest BCUT2D eigenvalue weighted by Gasteiger charge is -2.06. The van der Waals surface area contributed by atoms with Crippen molar-refractivity contribution in [1.29, 1.82) is 0 Å². The summed E-state index contributed by atoms with van der Waals surface area (Å²) in [7, 11) is -1.87. The van der Waals surface area contributed by atoms with Gasteiger partial charge < -0.3 is 0 Å². The van der Waals surface area contributed by atoms with E-state index in [0.29, 0.717) is 5.69 Å². The molecule has 2 heterocycles. The predicted octanol–water partition coefficient (Wildman–Crippen LogP) is 1.04. The summed E-state index contributed by atoms with van der Waals surface area (Å²) in [4.78, 5) is 0.211. The van der Waals surface area contributed by atoms with Crippen molar-refractivity contribution in [2.75, 3.05) is 0 Å². The molecule has 0 bridgehead atoms. The molecule has 1 N–H and O–H groups in total. The Kier molecular flexibility index (Phi) is 4.20. The van der Waals surface area contributed by atoms with Crippen molar-refractivity contribution >= 4 is 10.0 Å². The van der Waals surface area contributed by atoms with Gasteiger partial charge in [-0.15, -0.1) is 0 Å². The lowest BCUT2D eigenvalue weighted by molar-refractivity contribution is 0.580. The molecular weight excluding hydrogens is 290 g/mol. The first-order valence-electron chi connectivity index (χ1n) is 6.79. The van der Waals surface area contributed by atoms with Crippen LogP contribution in [0.25, 0.3) is 0 Å². The molecule has 116 valence electrons. The van der Waals surface area contributed by atoms with Crippen LogP contribution in [0.15, 0.2) is 11.1 Å². The van der Waals surface area contributed by atoms with Gasteiger partial charge in [0.05, 0.1) is 11.4 Å². The van der Waals surface area contributed by atoms with Crippen LogP contribution in [0.1, 0.15) is 29.6 Å². The van der Waals surface area contributed by atoms with Gasteiger partial charge in [-0.3, -0.25) is 9.36 Å². The van der Waals surface area contributed by atoms with Crippen molar-refractivity contribution in [3.8, 4) is 0 Å². The largest absolute Gasteiger partial charge is 0.274 e. The highest BCUT2D eigenvalue weighted by Crippen LogP contribution is 2.16. The summed E-state index contributed by atoms with van der Waals surface area (Å²) in [6.45, 7) is 8.52. The summed E-state index contributed by atoms with van der Waals surface area (Å²) in [5.74, 6) is 0. The number of hydrogen-bond acceptors (Lipinski definition) is 4. The SMILES string of the molecule is CCn1nc(C)c(CNS(=O)(=O)c2cn(C)nc2C)c1C. The van der Waals surface area contributed by atoms with Crippen LogP contribution in [0.5, 0.6) is 0 Å². The molecule has 0 atom stereocenters. The van der Waals surface area contributed by atoms with E-state index < -0.39 is 10.0 Å². The standard InChI is InChI=1S/C13H21N5O2S/c1-6-18-11(4)12(9(2)16-18)7-14-21(19,20)13-8-17(5)15-10(13)3/h8,14H,6-7H2,1-5H3. The quantitative estimate of drug-likeness (QED) is 0.894. The van der Waals surface area contributed by atoms with Gasteiger partial charge in [0.15, 0.2) is 0 Å². The molecule has 0 aliphatic rings. The zero-order valence-corrected chi connectivity index (χ0v) is 13.8. The van der Waals surface area contributed by atoms with Gasteiger partial charge in [-0.2, -0.15) is 10.2 Å². The van der Waals surface area contributed by atoms with Gasteiger partial charge in [-0.1, -0.05) is 0 Å². The van der Waals surface area contributed by atoms with Gasteiger partial charge >= 0.3 is 0 Å². The minimum Gasteiger partial charge on any atom is -0.274 e. The first-order chi connectivity index (χ1) is 9.76. The Hall–Kier alpha value is -1.67. The Morgan fingerprint density at radius 3 is 2.33 bits per heavy atom. The van der Waals surface area contributed by atoms with Gasteiger partial charge in [0.25, 0.3) is 0 Å². The maximum absolute atomic E-state index is 12.3. The Morgan fingerprint density at radius 2 is 1.86 bits per heavy atom. The number of hydrogen-bond donors (Lipinski definition) is 1. The summed E-state index contributed by atoms with van der Waals surface area (Å²) in [5, 5.41) is 8.45. The molecule has 0 unspecified atom stereocenters. The van der Waals surface area contributed by atoms with Crippen LogP contribution in [0.3, 0.4) is 0 Å². The second-order valence-corrected chi connectivity index (χ2v) is 6.78. The predicted molar refractivity (Wildman–Crippen MR) is 79.3 cm³/mol. The van der Waals surface area contributed by atoms with E-state index >= 15 is 0 Å². The first kappa shape index (κ1) is 15.7. The van der Waals surface area contributed by atoms with Crippen LogP contribution in [-0.4, -0.2) is 28.0 Å². The Bertz CT molecular complexity index is 758. The number of nitrogens with zero attached hydrogens (tertiary/aromatic N) is 4. The van der Waals surface area contributed by atoms with Crippen LogP contribution < -0.4 is 4.72 Å². The van der Waals surface area contributed by atoms with E-state index in [9.17, 15) is 8.42 Å². The van der Waals surface area contributed by atoms with E-state index in [4.69, 9.17) is 0 Å². The molecule has 0 spiro atoms. The molecule has 0 fully saturated rings. The third kappa shape index (κ3) is 3.01. The maximum atomic E-state index is 12.3. The summed E-state index contributed by atoms with van der Waals surface area (Å²) in [6, 6.07) is 0. The smallest absolute Gasteiger partial charge is 0.244 e. The van der Waals surface area contributed by atoms with Crippen molar-refractivity contribution < 1.29 is 8.42 Å². The van der Waals surface area contributed by atoms with Crippen LogP contribution >= 0.6 is 0 Å². The molecule has 0 aliphatic heterocycles. The van der Waals surface area contributed by atoms with Crippen molar-refractivity contribution in [3.05, 3.63) is 28.8 Å². The monoisotopic (exact) mass is 311 g/mol. The Balaban J connectivity index is 2.23. The van der Waals surface area contributed by atoms with Crippen LogP contribution in [0.2, 0.25) is 0 Å². The van der Waals surface area contributed by atoms with E-state index in [0.717, 1.165) is 23.5 Å². The van der Waals surface area contributed by atoms with Gasteiger partial charge in [0.1, 0.15) is 4.90 Å². The maximum Gasteiger partial charge on any atom is 0.244 e. The van der Waals surface area contributed by atoms with Crippen LogP contribution in [0.4, 0.5) is 0 Å². The molecule has 0 aliphatic carbocycles. The average molecular weight is 311 g/mol. The second-order valence-electron chi connectivity index (χ2n) is 5.04. The zero-order valence-electron chi connectivity index (χ0n) is 13.0. The van der Waals surface area contributed by atoms with Crippen molar-refractivity contribution in [2.45, 2.75) is 45.7 Å². The molecule has 0 aromatic carbocycles. The summed E-state index contributed by atoms with van der Waals surface area (Å²) in [6.07, 6.45) is 1.51. The molecule has 2 aromatic rings. The number of aryl methyl sites for hydroxylation is 4. The normalized spacial score (nSPS) is 12.0. The summed E-state index contributed by atoms with van der Waals surface area (Å²) >= 11 is 0. The highest BCUT2D eigenvalue weighted by atomic mass is 32.2. The van der Waals surface area contributed by atoms with E-state index in [1.54, 1.807) is 14.0 Å². The van der Waals surface area contributed by atoms with E-state index in [2.05, 4.69) is 14.9 Å². The zero-order chi connectivity index (χ0) is 15.8. The molecule has 21 heavy (non-hydrogen) atoms. The highest BCUT2D eigenvalue weighted by Gasteiger charge is 2.21. The molecule has 0 amide bonds. The van der Waals surface area contributed by atoms with Gasteiger partial charge in [0.2, 0.25) is 10.0 Å². The number of aromatic nitrogens is 4. The van der Waals surface area contributed by atoms with Crippen molar-refractivity contribution in [2.24, 2.45) is 7.05 Å². The summed E-state index contributed by atoms with van der Waals surface area (Å²) in [5.41, 5.74) is 3.24. The molecular formula is C13H21N5O2S. The van der Waals surface area contributed by atoms with Crippen LogP contribution in [0, 0.1) is 20.8 Å². The molecule has 0 saturated heterocycles. The number of rotatable bonds is 5. The number of nitrogens with one attached hydrogen (secondary N) is 1. The summed E-state index contributed by atoms with van der Waals surface area (Å²) < 4.78 is 30.7. The minimum absolute atomic E-state index is 0.211. The molecule has 0 saturated carbocycles. The van der Waals surface area contributed by atoms with E-state index in [-0.39, 0.29) is 11.4 Å². The lowest BCUT2D eigenvalue weighted by atomic mass is 10.2. The molecule has 0 radical (unpaired) electrons. The van der Waals surface area contributed by atoms with Gasteiger partial charge in [-0.25, -0.2) is 13.1 Å². The third-order valence-corrected chi connectivity index (χ3v) is 5.03. The number of sulfonamides is 1. The molecule has 2 rings (SSSR count). The van der Waals surface area contributed by atoms with Crippen molar-refractivity contribution in [1.82, 2.24) is 24.3 Å². The first-order valence-corrected chi connectivity index (χ1v) is 8.27. The lowest BCUT2D eigenvalue weighted by Crippen LogP contribution is -2.24. The molecule has 8 heteroatoms.